The summed E-state index contributed by atoms with van der Waals surface area (Å²) in [5.41, 5.74) is 3.64. The SMILES string of the molecule is Cc1cccc2nc(C3CCCC3)[nH]c12. The van der Waals surface area contributed by atoms with Gasteiger partial charge in [-0.3, -0.25) is 0 Å². The van der Waals surface area contributed by atoms with Gasteiger partial charge in [0.05, 0.1) is 11.0 Å². The van der Waals surface area contributed by atoms with E-state index in [-0.39, 0.29) is 0 Å². The molecule has 0 amide bonds. The van der Waals surface area contributed by atoms with Gasteiger partial charge in [-0.15, -0.1) is 0 Å². The molecule has 0 saturated heterocycles. The Balaban J connectivity index is 2.09. The van der Waals surface area contributed by atoms with Gasteiger partial charge in [0.15, 0.2) is 0 Å². The number of hydrogen-bond donors (Lipinski definition) is 1. The number of aromatic amines is 1. The minimum Gasteiger partial charge on any atom is -0.342 e. The summed E-state index contributed by atoms with van der Waals surface area (Å²) < 4.78 is 0. The van der Waals surface area contributed by atoms with Gasteiger partial charge in [-0.1, -0.05) is 25.0 Å². The van der Waals surface area contributed by atoms with Crippen LogP contribution in [0.5, 0.6) is 0 Å². The smallest absolute Gasteiger partial charge is 0.110 e. The van der Waals surface area contributed by atoms with E-state index in [1.54, 1.807) is 0 Å². The summed E-state index contributed by atoms with van der Waals surface area (Å²) in [6.45, 7) is 2.14. The van der Waals surface area contributed by atoms with Crippen LogP contribution in [0.4, 0.5) is 0 Å². The summed E-state index contributed by atoms with van der Waals surface area (Å²) in [4.78, 5) is 8.19. The van der Waals surface area contributed by atoms with Crippen molar-refractivity contribution < 1.29 is 0 Å². The number of nitrogens with one attached hydrogen (secondary N) is 1. The molecule has 1 heterocycles. The van der Waals surface area contributed by atoms with Gasteiger partial charge >= 0.3 is 0 Å². The lowest BCUT2D eigenvalue weighted by Gasteiger charge is -2.02. The van der Waals surface area contributed by atoms with Crippen molar-refractivity contribution in [3.8, 4) is 0 Å². The van der Waals surface area contributed by atoms with Crippen LogP contribution in [0, 0.1) is 6.92 Å². The summed E-state index contributed by atoms with van der Waals surface area (Å²) in [6, 6.07) is 6.31. The Morgan fingerprint density at radius 2 is 2.07 bits per heavy atom. The number of H-pyrrole nitrogens is 1. The zero-order valence-electron chi connectivity index (χ0n) is 9.09. The van der Waals surface area contributed by atoms with E-state index in [9.17, 15) is 0 Å². The highest BCUT2D eigenvalue weighted by Gasteiger charge is 2.20. The lowest BCUT2D eigenvalue weighted by Crippen LogP contribution is -1.94. The number of fused-ring (bicyclic) bond motifs is 1. The summed E-state index contributed by atoms with van der Waals surface area (Å²) in [6.07, 6.45) is 5.33. The monoisotopic (exact) mass is 200 g/mol. The zero-order chi connectivity index (χ0) is 10.3. The van der Waals surface area contributed by atoms with Crippen molar-refractivity contribution in [2.45, 2.75) is 38.5 Å². The Morgan fingerprint density at radius 3 is 2.80 bits per heavy atom. The van der Waals surface area contributed by atoms with Gasteiger partial charge in [-0.2, -0.15) is 0 Å². The molecule has 1 aromatic heterocycles. The number of rotatable bonds is 1. The highest BCUT2D eigenvalue weighted by atomic mass is 14.9. The summed E-state index contributed by atoms with van der Waals surface area (Å²) in [5.74, 6) is 1.88. The van der Waals surface area contributed by atoms with Crippen LogP contribution in [0.3, 0.4) is 0 Å². The van der Waals surface area contributed by atoms with Crippen LogP contribution < -0.4 is 0 Å². The molecule has 1 fully saturated rings. The van der Waals surface area contributed by atoms with E-state index in [2.05, 4.69) is 30.1 Å². The fourth-order valence-electron chi connectivity index (χ4n) is 2.59. The van der Waals surface area contributed by atoms with Gasteiger partial charge in [-0.25, -0.2) is 4.98 Å². The molecular formula is C13H16N2. The van der Waals surface area contributed by atoms with Crippen LogP contribution in [0.25, 0.3) is 11.0 Å². The number of nitrogens with zero attached hydrogens (tertiary/aromatic N) is 1. The van der Waals surface area contributed by atoms with Crippen molar-refractivity contribution >= 4 is 11.0 Å². The van der Waals surface area contributed by atoms with Crippen molar-refractivity contribution in [3.05, 3.63) is 29.6 Å². The second-order valence-electron chi connectivity index (χ2n) is 4.57. The molecule has 1 saturated carbocycles. The first kappa shape index (κ1) is 8.96. The molecule has 1 aliphatic carbocycles. The number of aryl methyl sites for hydroxylation is 1. The third-order valence-corrected chi connectivity index (χ3v) is 3.49. The standard InChI is InChI=1S/C13H16N2/c1-9-5-4-8-11-12(9)15-13(14-11)10-6-2-3-7-10/h4-5,8,10H,2-3,6-7H2,1H3,(H,14,15). The Morgan fingerprint density at radius 1 is 1.27 bits per heavy atom. The van der Waals surface area contributed by atoms with Gasteiger partial charge in [0.1, 0.15) is 5.82 Å². The zero-order valence-corrected chi connectivity index (χ0v) is 9.09. The Labute approximate surface area is 89.7 Å². The Hall–Kier alpha value is -1.31. The predicted molar refractivity (Wildman–Crippen MR) is 62.0 cm³/mol. The summed E-state index contributed by atoms with van der Waals surface area (Å²) >= 11 is 0. The molecule has 2 nitrogen and oxygen atoms in total. The first-order valence-corrected chi connectivity index (χ1v) is 5.80. The maximum Gasteiger partial charge on any atom is 0.110 e. The number of aromatic nitrogens is 2. The van der Waals surface area contributed by atoms with Gasteiger partial charge < -0.3 is 4.98 Å². The molecule has 0 aliphatic heterocycles. The minimum absolute atomic E-state index is 0.678. The molecule has 0 spiro atoms. The number of hydrogen-bond acceptors (Lipinski definition) is 1. The van der Waals surface area contributed by atoms with E-state index >= 15 is 0 Å². The molecule has 2 heteroatoms. The lowest BCUT2D eigenvalue weighted by atomic mass is 10.1. The van der Waals surface area contributed by atoms with Crippen molar-refractivity contribution in [1.29, 1.82) is 0 Å². The highest BCUT2D eigenvalue weighted by molar-refractivity contribution is 5.78. The van der Waals surface area contributed by atoms with Crippen molar-refractivity contribution in [2.24, 2.45) is 0 Å². The van der Waals surface area contributed by atoms with Crippen LogP contribution >= 0.6 is 0 Å². The van der Waals surface area contributed by atoms with Crippen molar-refractivity contribution in [1.82, 2.24) is 9.97 Å². The Kier molecular flexibility index (Phi) is 2.01. The van der Waals surface area contributed by atoms with E-state index in [0.717, 1.165) is 5.52 Å². The van der Waals surface area contributed by atoms with Crippen molar-refractivity contribution in [3.63, 3.8) is 0 Å². The van der Waals surface area contributed by atoms with Crippen molar-refractivity contribution in [2.75, 3.05) is 0 Å². The maximum absolute atomic E-state index is 4.70. The van der Waals surface area contributed by atoms with Gasteiger partial charge in [-0.05, 0) is 31.4 Å². The maximum atomic E-state index is 4.70. The van der Waals surface area contributed by atoms with Crippen LogP contribution in [0.2, 0.25) is 0 Å². The van der Waals surface area contributed by atoms with Gasteiger partial charge in [0, 0.05) is 5.92 Å². The highest BCUT2D eigenvalue weighted by Crippen LogP contribution is 2.33. The van der Waals surface area contributed by atoms with Crippen LogP contribution in [-0.2, 0) is 0 Å². The minimum atomic E-state index is 0.678. The molecule has 1 aromatic carbocycles. The quantitative estimate of drug-likeness (QED) is 0.749. The summed E-state index contributed by atoms with van der Waals surface area (Å²) in [7, 11) is 0. The van der Waals surface area contributed by atoms with E-state index in [0.29, 0.717) is 5.92 Å². The lowest BCUT2D eigenvalue weighted by molar-refractivity contribution is 0.681. The molecule has 2 aromatic rings. The van der Waals surface area contributed by atoms with Crippen LogP contribution in [-0.4, -0.2) is 9.97 Å². The molecule has 0 bridgehead atoms. The second kappa shape index (κ2) is 3.37. The third kappa shape index (κ3) is 1.44. The first-order valence-electron chi connectivity index (χ1n) is 5.80. The predicted octanol–water partition coefficient (Wildman–Crippen LogP) is 3.53. The van der Waals surface area contributed by atoms with Gasteiger partial charge in [0.25, 0.3) is 0 Å². The van der Waals surface area contributed by atoms with E-state index in [1.165, 1.54) is 42.6 Å². The molecule has 15 heavy (non-hydrogen) atoms. The largest absolute Gasteiger partial charge is 0.342 e. The number of benzene rings is 1. The van der Waals surface area contributed by atoms with E-state index < -0.39 is 0 Å². The molecule has 0 radical (unpaired) electrons. The Bertz CT molecular complexity index is 478. The van der Waals surface area contributed by atoms with Crippen LogP contribution in [0.1, 0.15) is 43.0 Å². The van der Waals surface area contributed by atoms with E-state index in [1.807, 2.05) is 0 Å². The molecule has 0 atom stereocenters. The molecule has 78 valence electrons. The molecule has 3 rings (SSSR count). The number of para-hydroxylation sites is 1. The van der Waals surface area contributed by atoms with Crippen LogP contribution in [0.15, 0.2) is 18.2 Å². The van der Waals surface area contributed by atoms with Gasteiger partial charge in [0.2, 0.25) is 0 Å². The second-order valence-corrected chi connectivity index (χ2v) is 4.57. The fraction of sp³-hybridized carbons (Fsp3) is 0.462. The topological polar surface area (TPSA) is 28.7 Å². The third-order valence-electron chi connectivity index (χ3n) is 3.49. The molecule has 1 aliphatic rings. The van der Waals surface area contributed by atoms with E-state index in [4.69, 9.17) is 4.98 Å². The average molecular weight is 200 g/mol. The molecule has 0 unspecified atom stereocenters. The molecule has 1 N–H and O–H groups in total. The average Bonchev–Trinajstić information content (AvgIpc) is 2.86. The number of imidazole rings is 1. The molecular weight excluding hydrogens is 184 g/mol. The first-order chi connectivity index (χ1) is 7.34. The fourth-order valence-corrected chi connectivity index (χ4v) is 2.59. The normalized spacial score (nSPS) is 17.7. The summed E-state index contributed by atoms with van der Waals surface area (Å²) in [5, 5.41) is 0.